The Morgan fingerprint density at radius 2 is 2.33 bits per heavy atom. The molecule has 0 spiro atoms. The first-order chi connectivity index (χ1) is 5.65. The predicted molar refractivity (Wildman–Crippen MR) is 40.6 cm³/mol. The summed E-state index contributed by atoms with van der Waals surface area (Å²) >= 11 is 5.43. The van der Waals surface area contributed by atoms with Gasteiger partial charge in [-0.25, -0.2) is 0 Å². The van der Waals surface area contributed by atoms with Crippen molar-refractivity contribution in [2.24, 2.45) is 0 Å². The van der Waals surface area contributed by atoms with Gasteiger partial charge in [0.15, 0.2) is 0 Å². The summed E-state index contributed by atoms with van der Waals surface area (Å²) in [6.45, 7) is 0. The fourth-order valence-electron chi connectivity index (χ4n) is 0.622. The van der Waals surface area contributed by atoms with Gasteiger partial charge in [0.1, 0.15) is 11.1 Å². The van der Waals surface area contributed by atoms with Crippen molar-refractivity contribution in [3.63, 3.8) is 0 Å². The summed E-state index contributed by atoms with van der Waals surface area (Å²) in [5.74, 6) is -0.490. The molecule has 0 N–H and O–H groups in total. The van der Waals surface area contributed by atoms with Crippen LogP contribution in [0.5, 0.6) is 0 Å². The molecule has 1 heterocycles. The molecule has 0 aromatic carbocycles. The number of hydrogen-bond donors (Lipinski definition) is 0. The molecule has 0 atom stereocenters. The molecule has 0 radical (unpaired) electrons. The van der Waals surface area contributed by atoms with Gasteiger partial charge < -0.3 is 10.1 Å². The lowest BCUT2D eigenvalue weighted by Gasteiger charge is -1.92. The normalized spacial score (nSPS) is 9.00. The lowest BCUT2D eigenvalue weighted by Crippen LogP contribution is -1.94. The monoisotopic (exact) mass is 183 g/mol. The molecular weight excluding hydrogens is 182 g/mol. The minimum atomic E-state index is -0.733. The maximum absolute atomic E-state index is 10.2. The highest BCUT2D eigenvalue weighted by Crippen LogP contribution is 2.20. The van der Waals surface area contributed by atoms with E-state index in [0.717, 1.165) is 0 Å². The Morgan fingerprint density at radius 3 is 2.83 bits per heavy atom. The predicted octanol–water partition coefficient (Wildman–Crippen LogP) is 1.51. The quantitative estimate of drug-likeness (QED) is 0.488. The largest absolute Gasteiger partial charge is 0.383 e. The second-order valence-electron chi connectivity index (χ2n) is 1.87. The van der Waals surface area contributed by atoms with E-state index in [1.54, 1.807) is 6.07 Å². The van der Waals surface area contributed by atoms with Crippen LogP contribution in [0.1, 0.15) is 5.69 Å². The summed E-state index contributed by atoms with van der Waals surface area (Å²) in [4.78, 5) is 12.9. The van der Waals surface area contributed by atoms with E-state index < -0.39 is 10.7 Å². The molecular formula is C6H2ClN3O2. The van der Waals surface area contributed by atoms with Crippen molar-refractivity contribution >= 4 is 17.4 Å². The van der Waals surface area contributed by atoms with Gasteiger partial charge in [-0.3, -0.25) is 0 Å². The molecule has 0 aliphatic rings. The van der Waals surface area contributed by atoms with Gasteiger partial charge in [0, 0.05) is 6.07 Å². The van der Waals surface area contributed by atoms with Crippen LogP contribution in [-0.4, -0.2) is 9.91 Å². The lowest BCUT2D eigenvalue weighted by atomic mass is 10.4. The average molecular weight is 184 g/mol. The van der Waals surface area contributed by atoms with Crippen LogP contribution in [0.4, 0.5) is 5.82 Å². The Balaban J connectivity index is 3.28. The van der Waals surface area contributed by atoms with Crippen molar-refractivity contribution in [1.29, 1.82) is 5.26 Å². The van der Waals surface area contributed by atoms with Gasteiger partial charge in [0.05, 0.1) is 0 Å². The molecule has 0 aliphatic heterocycles. The number of rotatable bonds is 1. The van der Waals surface area contributed by atoms with Crippen molar-refractivity contribution in [2.45, 2.75) is 0 Å². The van der Waals surface area contributed by atoms with Gasteiger partial charge in [0.25, 0.3) is 5.69 Å². The molecule has 0 unspecified atom stereocenters. The Hall–Kier alpha value is -1.67. The first-order valence-corrected chi connectivity index (χ1v) is 3.24. The third-order valence-corrected chi connectivity index (χ3v) is 1.41. The topological polar surface area (TPSA) is 79.8 Å². The van der Waals surface area contributed by atoms with Crippen LogP contribution >= 0.6 is 11.6 Å². The third-order valence-electron chi connectivity index (χ3n) is 1.11. The molecule has 1 aromatic heterocycles. The van der Waals surface area contributed by atoms with E-state index >= 15 is 0 Å². The van der Waals surface area contributed by atoms with Crippen LogP contribution in [0.3, 0.4) is 0 Å². The van der Waals surface area contributed by atoms with E-state index in [1.807, 2.05) is 0 Å². The zero-order valence-corrected chi connectivity index (χ0v) is 6.45. The molecule has 0 saturated heterocycles. The zero-order chi connectivity index (χ0) is 9.14. The van der Waals surface area contributed by atoms with Crippen molar-refractivity contribution in [3.05, 3.63) is 33.0 Å². The smallest absolute Gasteiger partial charge is 0.358 e. The number of aromatic nitrogens is 1. The molecule has 12 heavy (non-hydrogen) atoms. The Kier molecular flexibility index (Phi) is 2.21. The number of nitro groups is 1. The summed E-state index contributed by atoms with van der Waals surface area (Å²) in [6.07, 6.45) is 0. The molecule has 1 rings (SSSR count). The molecule has 60 valence electrons. The molecule has 5 nitrogen and oxygen atoms in total. The van der Waals surface area contributed by atoms with Crippen LogP contribution in [-0.2, 0) is 0 Å². The van der Waals surface area contributed by atoms with Crippen LogP contribution in [0.15, 0.2) is 12.1 Å². The van der Waals surface area contributed by atoms with E-state index in [9.17, 15) is 10.1 Å². The number of hydrogen-bond acceptors (Lipinski definition) is 4. The molecule has 0 saturated carbocycles. The second-order valence-corrected chi connectivity index (χ2v) is 2.28. The Morgan fingerprint density at radius 1 is 1.67 bits per heavy atom. The average Bonchev–Trinajstić information content (AvgIpc) is 2.05. The highest BCUT2D eigenvalue weighted by molar-refractivity contribution is 6.32. The number of nitrogens with zero attached hydrogens (tertiary/aromatic N) is 3. The van der Waals surface area contributed by atoms with Crippen LogP contribution in [0.2, 0.25) is 5.02 Å². The van der Waals surface area contributed by atoms with Gasteiger partial charge in [0.2, 0.25) is 0 Å². The van der Waals surface area contributed by atoms with Crippen LogP contribution in [0, 0.1) is 21.4 Å². The summed E-state index contributed by atoms with van der Waals surface area (Å²) in [6, 6.07) is 4.26. The van der Waals surface area contributed by atoms with E-state index in [2.05, 4.69) is 4.98 Å². The van der Waals surface area contributed by atoms with Crippen LogP contribution < -0.4 is 0 Å². The maximum Gasteiger partial charge on any atom is 0.383 e. The summed E-state index contributed by atoms with van der Waals surface area (Å²) in [5, 5.41) is 18.5. The zero-order valence-electron chi connectivity index (χ0n) is 5.69. The van der Waals surface area contributed by atoms with E-state index in [4.69, 9.17) is 16.9 Å². The fourth-order valence-corrected chi connectivity index (χ4v) is 0.796. The number of nitriles is 1. The van der Waals surface area contributed by atoms with Crippen molar-refractivity contribution < 1.29 is 4.92 Å². The van der Waals surface area contributed by atoms with E-state index in [-0.39, 0.29) is 10.7 Å². The van der Waals surface area contributed by atoms with Crippen molar-refractivity contribution in [1.82, 2.24) is 4.98 Å². The van der Waals surface area contributed by atoms with Gasteiger partial charge in [-0.15, -0.1) is 0 Å². The molecule has 0 bridgehead atoms. The minimum Gasteiger partial charge on any atom is -0.358 e. The van der Waals surface area contributed by atoms with Gasteiger partial charge in [-0.1, -0.05) is 11.6 Å². The second kappa shape index (κ2) is 3.15. The Labute approximate surface area is 72.4 Å². The first kappa shape index (κ1) is 8.43. The molecule has 0 aliphatic carbocycles. The Bertz CT molecular complexity index is 372. The summed E-state index contributed by atoms with van der Waals surface area (Å²) < 4.78 is 0. The summed E-state index contributed by atoms with van der Waals surface area (Å²) in [5.41, 5.74) is -0.0221. The first-order valence-electron chi connectivity index (χ1n) is 2.86. The molecule has 6 heteroatoms. The molecule has 1 aromatic rings. The number of halogens is 1. The van der Waals surface area contributed by atoms with Gasteiger partial charge in [-0.2, -0.15) is 5.26 Å². The number of pyridine rings is 1. The summed E-state index contributed by atoms with van der Waals surface area (Å²) in [7, 11) is 0. The molecule has 0 amide bonds. The highest BCUT2D eigenvalue weighted by atomic mass is 35.5. The standard InChI is InChI=1S/C6H2ClN3O2/c7-5-2-1-4(3-8)9-6(5)10(11)12/h1-2H. The van der Waals surface area contributed by atoms with Crippen molar-refractivity contribution in [3.8, 4) is 6.07 Å². The van der Waals surface area contributed by atoms with E-state index in [1.165, 1.54) is 12.1 Å². The van der Waals surface area contributed by atoms with Crippen LogP contribution in [0.25, 0.3) is 0 Å². The lowest BCUT2D eigenvalue weighted by molar-refractivity contribution is -0.389. The fraction of sp³-hybridized carbons (Fsp3) is 0. The molecule has 0 fully saturated rings. The van der Waals surface area contributed by atoms with Gasteiger partial charge in [-0.05, 0) is 16.0 Å². The third kappa shape index (κ3) is 1.49. The van der Waals surface area contributed by atoms with Gasteiger partial charge >= 0.3 is 5.82 Å². The minimum absolute atomic E-state index is 0.0221. The SMILES string of the molecule is N#Cc1ccc(Cl)c([N+](=O)[O-])n1. The highest BCUT2D eigenvalue weighted by Gasteiger charge is 2.14. The maximum atomic E-state index is 10.2. The van der Waals surface area contributed by atoms with E-state index in [0.29, 0.717) is 0 Å². The van der Waals surface area contributed by atoms with Crippen molar-refractivity contribution in [2.75, 3.05) is 0 Å².